The van der Waals surface area contributed by atoms with Gasteiger partial charge >= 0.3 is 0 Å². The molecule has 92 valence electrons. The van der Waals surface area contributed by atoms with E-state index in [-0.39, 0.29) is 5.91 Å². The van der Waals surface area contributed by atoms with Crippen LogP contribution in [0.15, 0.2) is 24.3 Å². The number of carbonyl (C=O) groups excluding carboxylic acids is 1. The van der Waals surface area contributed by atoms with E-state index in [1.54, 1.807) is 6.07 Å². The highest BCUT2D eigenvalue weighted by Gasteiger charge is 2.23. The zero-order chi connectivity index (χ0) is 12.3. The molecule has 1 aromatic rings. The number of carbonyl (C=O) groups is 1. The number of nitrogens with two attached hydrogens (primary N) is 1. The Kier molecular flexibility index (Phi) is 3.79. The Bertz CT molecular complexity index is 399. The minimum absolute atomic E-state index is 0.350. The quantitative estimate of drug-likeness (QED) is 0.788. The largest absolute Gasteiger partial charge is 0.366 e. The molecule has 0 radical (unpaired) electrons. The summed E-state index contributed by atoms with van der Waals surface area (Å²) in [5.41, 5.74) is 6.96. The smallest absolute Gasteiger partial charge is 0.249 e. The van der Waals surface area contributed by atoms with Crippen molar-refractivity contribution in [2.24, 2.45) is 11.7 Å². The molecule has 17 heavy (non-hydrogen) atoms. The molecule has 0 spiro atoms. The van der Waals surface area contributed by atoms with E-state index in [0.717, 1.165) is 11.5 Å². The summed E-state index contributed by atoms with van der Waals surface area (Å²) in [4.78, 5) is 11.2. The van der Waals surface area contributed by atoms with Gasteiger partial charge in [-0.15, -0.1) is 0 Å². The third-order valence-corrected chi connectivity index (χ3v) is 3.31. The maximum Gasteiger partial charge on any atom is 0.249 e. The first-order valence-electron chi connectivity index (χ1n) is 6.28. The molecule has 0 heterocycles. The number of amides is 1. The lowest BCUT2D eigenvalue weighted by Crippen LogP contribution is -2.27. The average molecular weight is 232 g/mol. The van der Waals surface area contributed by atoms with E-state index in [2.05, 4.69) is 12.2 Å². The highest BCUT2D eigenvalue weighted by molar-refractivity contribution is 5.94. The fraction of sp³-hybridized carbons (Fsp3) is 0.500. The molecule has 0 aliphatic heterocycles. The molecule has 1 aliphatic carbocycles. The van der Waals surface area contributed by atoms with Crippen LogP contribution in [-0.4, -0.2) is 11.9 Å². The summed E-state index contributed by atoms with van der Waals surface area (Å²) in [6.45, 7) is 2.91. The van der Waals surface area contributed by atoms with Gasteiger partial charge in [0.05, 0.1) is 0 Å². The normalized spacial score (nSPS) is 16.8. The van der Waals surface area contributed by atoms with Crippen molar-refractivity contribution in [3.05, 3.63) is 35.4 Å². The van der Waals surface area contributed by atoms with Gasteiger partial charge in [0, 0.05) is 18.2 Å². The van der Waals surface area contributed by atoms with Gasteiger partial charge in [-0.25, -0.2) is 0 Å². The van der Waals surface area contributed by atoms with Crippen LogP contribution in [0.3, 0.4) is 0 Å². The molecule has 1 atom stereocenters. The van der Waals surface area contributed by atoms with Gasteiger partial charge in [-0.1, -0.05) is 31.0 Å². The number of benzene rings is 1. The standard InChI is InChI=1S/C14H20N2O/c1-10(8-11-6-7-11)16-9-12-4-2-3-5-13(12)14(15)17/h2-5,10-11,16H,6-9H2,1H3,(H2,15,17). The van der Waals surface area contributed by atoms with Crippen LogP contribution in [0.25, 0.3) is 0 Å². The summed E-state index contributed by atoms with van der Waals surface area (Å²) in [6.07, 6.45) is 3.99. The highest BCUT2D eigenvalue weighted by Crippen LogP contribution is 2.33. The number of hydrogen-bond donors (Lipinski definition) is 2. The van der Waals surface area contributed by atoms with Crippen LogP contribution >= 0.6 is 0 Å². The summed E-state index contributed by atoms with van der Waals surface area (Å²) in [7, 11) is 0. The minimum Gasteiger partial charge on any atom is -0.366 e. The molecule has 0 saturated heterocycles. The highest BCUT2D eigenvalue weighted by atomic mass is 16.1. The molecule has 3 heteroatoms. The van der Waals surface area contributed by atoms with Crippen LogP contribution in [0.5, 0.6) is 0 Å². The summed E-state index contributed by atoms with van der Waals surface area (Å²) < 4.78 is 0. The van der Waals surface area contributed by atoms with E-state index >= 15 is 0 Å². The molecule has 0 aromatic heterocycles. The SMILES string of the molecule is CC(CC1CC1)NCc1ccccc1C(N)=O. The van der Waals surface area contributed by atoms with E-state index in [0.29, 0.717) is 18.2 Å². The van der Waals surface area contributed by atoms with Gasteiger partial charge in [-0.3, -0.25) is 4.79 Å². The molecular formula is C14H20N2O. The number of primary amides is 1. The predicted molar refractivity (Wildman–Crippen MR) is 68.6 cm³/mol. The summed E-state index contributed by atoms with van der Waals surface area (Å²) in [5.74, 6) is 0.570. The summed E-state index contributed by atoms with van der Waals surface area (Å²) in [6, 6.07) is 8.03. The zero-order valence-corrected chi connectivity index (χ0v) is 10.3. The molecule has 1 aliphatic rings. The van der Waals surface area contributed by atoms with Crippen LogP contribution < -0.4 is 11.1 Å². The van der Waals surface area contributed by atoms with Gasteiger partial charge in [-0.2, -0.15) is 0 Å². The fourth-order valence-corrected chi connectivity index (χ4v) is 2.14. The van der Waals surface area contributed by atoms with Crippen molar-refractivity contribution in [3.63, 3.8) is 0 Å². The van der Waals surface area contributed by atoms with Crippen molar-refractivity contribution < 1.29 is 4.79 Å². The molecule has 2 rings (SSSR count). The van der Waals surface area contributed by atoms with E-state index < -0.39 is 0 Å². The maximum atomic E-state index is 11.2. The average Bonchev–Trinajstić information content (AvgIpc) is 3.10. The lowest BCUT2D eigenvalue weighted by Gasteiger charge is -2.14. The van der Waals surface area contributed by atoms with Crippen LogP contribution in [0.4, 0.5) is 0 Å². The van der Waals surface area contributed by atoms with Crippen molar-refractivity contribution in [3.8, 4) is 0 Å². The van der Waals surface area contributed by atoms with Crippen LogP contribution in [-0.2, 0) is 6.54 Å². The van der Waals surface area contributed by atoms with Gasteiger partial charge in [0.2, 0.25) is 5.91 Å². The first-order chi connectivity index (χ1) is 8.16. The van der Waals surface area contributed by atoms with E-state index in [1.165, 1.54) is 19.3 Å². The van der Waals surface area contributed by atoms with E-state index in [4.69, 9.17) is 5.73 Å². The van der Waals surface area contributed by atoms with Crippen molar-refractivity contribution in [1.29, 1.82) is 0 Å². The first kappa shape index (κ1) is 12.1. The summed E-state index contributed by atoms with van der Waals surface area (Å²) in [5, 5.41) is 3.46. The Hall–Kier alpha value is -1.35. The van der Waals surface area contributed by atoms with Gasteiger partial charge < -0.3 is 11.1 Å². The van der Waals surface area contributed by atoms with Crippen molar-refractivity contribution in [2.75, 3.05) is 0 Å². The Morgan fingerprint density at radius 2 is 2.18 bits per heavy atom. The number of nitrogens with one attached hydrogen (secondary N) is 1. The molecule has 3 N–H and O–H groups in total. The van der Waals surface area contributed by atoms with Crippen molar-refractivity contribution in [1.82, 2.24) is 5.32 Å². The second-order valence-electron chi connectivity index (χ2n) is 4.98. The van der Waals surface area contributed by atoms with E-state index in [9.17, 15) is 4.79 Å². The molecule has 0 bridgehead atoms. The minimum atomic E-state index is -0.350. The molecule has 1 fully saturated rings. The van der Waals surface area contributed by atoms with Crippen molar-refractivity contribution in [2.45, 2.75) is 38.8 Å². The molecule has 1 amide bonds. The lowest BCUT2D eigenvalue weighted by molar-refractivity contribution is 0.0999. The Balaban J connectivity index is 1.90. The lowest BCUT2D eigenvalue weighted by atomic mass is 10.1. The molecule has 1 aromatic carbocycles. The van der Waals surface area contributed by atoms with Gasteiger partial charge in [0.25, 0.3) is 0 Å². The third kappa shape index (κ3) is 3.56. The number of rotatable bonds is 6. The van der Waals surface area contributed by atoms with Crippen molar-refractivity contribution >= 4 is 5.91 Å². The fourth-order valence-electron chi connectivity index (χ4n) is 2.14. The van der Waals surface area contributed by atoms with Gasteiger partial charge in [0.1, 0.15) is 0 Å². The Morgan fingerprint density at radius 1 is 1.47 bits per heavy atom. The molecule has 1 unspecified atom stereocenters. The Morgan fingerprint density at radius 3 is 2.82 bits per heavy atom. The van der Waals surface area contributed by atoms with E-state index in [1.807, 2.05) is 18.2 Å². The van der Waals surface area contributed by atoms with Crippen LogP contribution in [0.2, 0.25) is 0 Å². The second kappa shape index (κ2) is 5.32. The summed E-state index contributed by atoms with van der Waals surface area (Å²) >= 11 is 0. The number of hydrogen-bond acceptors (Lipinski definition) is 2. The Labute approximate surface area is 102 Å². The van der Waals surface area contributed by atoms with Gasteiger partial charge in [0.15, 0.2) is 0 Å². The zero-order valence-electron chi connectivity index (χ0n) is 10.3. The second-order valence-corrected chi connectivity index (χ2v) is 4.98. The molecular weight excluding hydrogens is 212 g/mol. The van der Waals surface area contributed by atoms with Gasteiger partial charge in [-0.05, 0) is 30.9 Å². The maximum absolute atomic E-state index is 11.2. The topological polar surface area (TPSA) is 55.1 Å². The van der Waals surface area contributed by atoms with Crippen LogP contribution in [0.1, 0.15) is 42.1 Å². The molecule has 3 nitrogen and oxygen atoms in total. The predicted octanol–water partition coefficient (Wildman–Crippen LogP) is 2.06. The monoisotopic (exact) mass is 232 g/mol. The molecule has 1 saturated carbocycles. The first-order valence-corrected chi connectivity index (χ1v) is 6.28. The van der Waals surface area contributed by atoms with Crippen LogP contribution in [0, 0.1) is 5.92 Å². The third-order valence-electron chi connectivity index (χ3n) is 3.31.